The number of hydrogen-bond donors (Lipinski definition) is 4. The van der Waals surface area contributed by atoms with E-state index in [1.165, 1.54) is 6.33 Å². The van der Waals surface area contributed by atoms with Gasteiger partial charge in [0.15, 0.2) is 9.84 Å². The minimum Gasteiger partial charge on any atom is -0.480 e. The van der Waals surface area contributed by atoms with E-state index in [0.717, 1.165) is 0 Å². The zero-order valence-electron chi connectivity index (χ0n) is 17.1. The van der Waals surface area contributed by atoms with Gasteiger partial charge in [-0.2, -0.15) is 0 Å². The molecule has 0 spiro atoms. The lowest BCUT2D eigenvalue weighted by molar-refractivity contribution is -0.135. The van der Waals surface area contributed by atoms with Gasteiger partial charge in [-0.05, 0) is 42.5 Å². The van der Waals surface area contributed by atoms with Crippen LogP contribution in [0.1, 0.15) is 17.3 Å². The molecule has 3 aromatic rings. The van der Waals surface area contributed by atoms with Gasteiger partial charge in [0.05, 0.1) is 10.6 Å². The highest BCUT2D eigenvalue weighted by molar-refractivity contribution is 7.91. The highest BCUT2D eigenvalue weighted by Crippen LogP contribution is 2.22. The molecule has 166 valence electrons. The van der Waals surface area contributed by atoms with E-state index < -0.39 is 28.3 Å². The van der Waals surface area contributed by atoms with Gasteiger partial charge in [-0.15, -0.1) is 0 Å². The largest absolute Gasteiger partial charge is 0.480 e. The normalized spacial score (nSPS) is 10.9. The van der Waals surface area contributed by atoms with Gasteiger partial charge in [-0.3, -0.25) is 9.59 Å². The molecule has 0 saturated heterocycles. The van der Waals surface area contributed by atoms with Crippen molar-refractivity contribution in [3.63, 3.8) is 0 Å². The van der Waals surface area contributed by atoms with E-state index in [1.54, 1.807) is 61.5 Å². The van der Waals surface area contributed by atoms with Crippen LogP contribution in [0, 0.1) is 0 Å². The summed E-state index contributed by atoms with van der Waals surface area (Å²) in [6.07, 6.45) is 1.35. The molecule has 0 bridgehead atoms. The Morgan fingerprint density at radius 2 is 1.59 bits per heavy atom. The maximum absolute atomic E-state index is 12.1. The lowest BCUT2D eigenvalue weighted by Gasteiger charge is -2.10. The molecule has 0 radical (unpaired) electrons. The van der Waals surface area contributed by atoms with E-state index in [4.69, 9.17) is 5.11 Å². The molecule has 3 rings (SSSR count). The number of anilines is 4. The summed E-state index contributed by atoms with van der Waals surface area (Å²) in [5.41, 5.74) is 1.55. The molecule has 32 heavy (non-hydrogen) atoms. The van der Waals surface area contributed by atoms with Crippen LogP contribution < -0.4 is 16.0 Å². The molecule has 0 aliphatic carbocycles. The third-order valence-corrected chi connectivity index (χ3v) is 6.06. The van der Waals surface area contributed by atoms with Crippen LogP contribution in [-0.4, -0.2) is 47.7 Å². The van der Waals surface area contributed by atoms with Crippen molar-refractivity contribution in [1.29, 1.82) is 0 Å². The molecule has 0 aliphatic rings. The smallest absolute Gasteiger partial charge is 0.322 e. The first-order valence-corrected chi connectivity index (χ1v) is 11.2. The first-order chi connectivity index (χ1) is 15.3. The Labute approximate surface area is 184 Å². The van der Waals surface area contributed by atoms with Gasteiger partial charge in [0.1, 0.15) is 24.5 Å². The zero-order chi connectivity index (χ0) is 23.1. The van der Waals surface area contributed by atoms with Crippen LogP contribution in [0.2, 0.25) is 0 Å². The summed E-state index contributed by atoms with van der Waals surface area (Å²) in [6.45, 7) is 1.13. The number of rotatable bonds is 9. The number of carboxylic acids is 1. The summed E-state index contributed by atoms with van der Waals surface area (Å²) in [5.74, 6) is -0.664. The Kier molecular flexibility index (Phi) is 7.00. The molecular formula is C21H21N5O5S. The van der Waals surface area contributed by atoms with Crippen LogP contribution >= 0.6 is 0 Å². The van der Waals surface area contributed by atoms with Crippen LogP contribution in [-0.2, 0) is 14.6 Å². The minimum atomic E-state index is -3.32. The van der Waals surface area contributed by atoms with Crippen molar-refractivity contribution in [1.82, 2.24) is 15.3 Å². The fourth-order valence-electron chi connectivity index (χ4n) is 2.69. The Bertz CT molecular complexity index is 1230. The Hall–Kier alpha value is -3.99. The molecule has 10 nitrogen and oxygen atoms in total. The second kappa shape index (κ2) is 9.88. The van der Waals surface area contributed by atoms with E-state index >= 15 is 0 Å². The van der Waals surface area contributed by atoms with Crippen molar-refractivity contribution in [3.8, 4) is 0 Å². The van der Waals surface area contributed by atoms with Gasteiger partial charge in [0.2, 0.25) is 0 Å². The Morgan fingerprint density at radius 3 is 2.22 bits per heavy atom. The average molecular weight is 455 g/mol. The number of carbonyl (C=O) groups excluding carboxylic acids is 1. The zero-order valence-corrected chi connectivity index (χ0v) is 17.9. The maximum atomic E-state index is 12.1. The number of amides is 1. The molecule has 0 fully saturated rings. The number of aromatic nitrogens is 2. The fourth-order valence-corrected chi connectivity index (χ4v) is 3.61. The van der Waals surface area contributed by atoms with Crippen LogP contribution in [0.3, 0.4) is 0 Å². The standard InChI is InChI=1S/C21H21N5O5S/c1-2-32(30,31)17-5-3-4-16(10-17)26-19-11-18(23-13-24-19)25-15-8-6-14(7-9-15)21(29)22-12-20(27)28/h3-11,13H,2,12H2,1H3,(H,22,29)(H,27,28)(H2,23,24,25,26). The molecule has 1 heterocycles. The number of nitrogens with zero attached hydrogens (tertiary/aromatic N) is 2. The van der Waals surface area contributed by atoms with Crippen LogP contribution in [0.4, 0.5) is 23.0 Å². The summed E-state index contributed by atoms with van der Waals surface area (Å²) < 4.78 is 24.2. The predicted molar refractivity (Wildman–Crippen MR) is 119 cm³/mol. The molecule has 0 atom stereocenters. The Balaban J connectivity index is 1.69. The number of carboxylic acid groups (broad SMARTS) is 1. The second-order valence-corrected chi connectivity index (χ2v) is 8.90. The molecule has 1 amide bonds. The van der Waals surface area contributed by atoms with Crippen molar-refractivity contribution >= 4 is 44.7 Å². The third-order valence-electron chi connectivity index (χ3n) is 4.33. The first-order valence-electron chi connectivity index (χ1n) is 9.56. The number of nitrogens with one attached hydrogen (secondary N) is 3. The fraction of sp³-hybridized carbons (Fsp3) is 0.143. The molecular weight excluding hydrogens is 434 g/mol. The minimum absolute atomic E-state index is 0.0119. The SMILES string of the molecule is CCS(=O)(=O)c1cccc(Nc2cc(Nc3ccc(C(=O)NCC(=O)O)cc3)ncn2)c1. The number of hydrogen-bond acceptors (Lipinski definition) is 8. The predicted octanol–water partition coefficient (Wildman–Crippen LogP) is 2.57. The topological polar surface area (TPSA) is 150 Å². The summed E-state index contributed by atoms with van der Waals surface area (Å²) >= 11 is 0. The monoisotopic (exact) mass is 455 g/mol. The molecule has 0 aliphatic heterocycles. The molecule has 1 aromatic heterocycles. The van der Waals surface area contributed by atoms with Crippen molar-refractivity contribution in [2.45, 2.75) is 11.8 Å². The highest BCUT2D eigenvalue weighted by atomic mass is 32.2. The van der Waals surface area contributed by atoms with E-state index in [1.807, 2.05) is 0 Å². The van der Waals surface area contributed by atoms with Crippen molar-refractivity contribution in [2.24, 2.45) is 0 Å². The van der Waals surface area contributed by atoms with Gasteiger partial charge < -0.3 is 21.1 Å². The van der Waals surface area contributed by atoms with Gasteiger partial charge >= 0.3 is 5.97 Å². The third kappa shape index (κ3) is 6.01. The van der Waals surface area contributed by atoms with E-state index in [-0.39, 0.29) is 10.6 Å². The van der Waals surface area contributed by atoms with Crippen molar-refractivity contribution in [3.05, 3.63) is 66.5 Å². The van der Waals surface area contributed by atoms with Crippen molar-refractivity contribution < 1.29 is 23.1 Å². The van der Waals surface area contributed by atoms with E-state index in [9.17, 15) is 18.0 Å². The lowest BCUT2D eigenvalue weighted by Crippen LogP contribution is -2.29. The van der Waals surface area contributed by atoms with Crippen LogP contribution in [0.25, 0.3) is 0 Å². The van der Waals surface area contributed by atoms with Crippen LogP contribution in [0.5, 0.6) is 0 Å². The van der Waals surface area contributed by atoms with E-state index in [0.29, 0.717) is 28.6 Å². The van der Waals surface area contributed by atoms with Crippen molar-refractivity contribution in [2.75, 3.05) is 22.9 Å². The van der Waals surface area contributed by atoms with Crippen LogP contribution in [0.15, 0.2) is 65.8 Å². The maximum Gasteiger partial charge on any atom is 0.322 e. The average Bonchev–Trinajstić information content (AvgIpc) is 2.78. The summed E-state index contributed by atoms with van der Waals surface area (Å²) in [6, 6.07) is 14.5. The van der Waals surface area contributed by atoms with E-state index in [2.05, 4.69) is 25.9 Å². The second-order valence-electron chi connectivity index (χ2n) is 6.62. The first kappa shape index (κ1) is 22.7. The van der Waals surface area contributed by atoms with Gasteiger partial charge in [-0.1, -0.05) is 13.0 Å². The number of benzene rings is 2. The van der Waals surface area contributed by atoms with Gasteiger partial charge in [0.25, 0.3) is 5.91 Å². The number of carbonyl (C=O) groups is 2. The summed E-state index contributed by atoms with van der Waals surface area (Å²) in [4.78, 5) is 30.9. The van der Waals surface area contributed by atoms with Gasteiger partial charge in [-0.25, -0.2) is 18.4 Å². The molecule has 4 N–H and O–H groups in total. The van der Waals surface area contributed by atoms with Gasteiger partial charge in [0, 0.05) is 23.0 Å². The highest BCUT2D eigenvalue weighted by Gasteiger charge is 2.12. The Morgan fingerprint density at radius 1 is 0.938 bits per heavy atom. The molecule has 0 saturated carbocycles. The number of aliphatic carboxylic acids is 1. The summed E-state index contributed by atoms with van der Waals surface area (Å²) in [7, 11) is -3.32. The molecule has 0 unspecified atom stereocenters. The molecule has 2 aromatic carbocycles. The lowest BCUT2D eigenvalue weighted by atomic mass is 10.2. The molecule has 11 heteroatoms. The summed E-state index contributed by atoms with van der Waals surface area (Å²) in [5, 5.41) is 17.1. The number of sulfone groups is 1. The quantitative estimate of drug-likeness (QED) is 0.382.